The van der Waals surface area contributed by atoms with Gasteiger partial charge in [-0.1, -0.05) is 6.07 Å². The second kappa shape index (κ2) is 5.82. The first kappa shape index (κ1) is 12.8. The fourth-order valence-corrected chi connectivity index (χ4v) is 2.03. The van der Waals surface area contributed by atoms with Crippen molar-refractivity contribution >= 4 is 11.6 Å². The molecule has 1 aliphatic rings. The van der Waals surface area contributed by atoms with Gasteiger partial charge in [0.15, 0.2) is 0 Å². The van der Waals surface area contributed by atoms with Crippen molar-refractivity contribution in [3.63, 3.8) is 0 Å². The fourth-order valence-electron chi connectivity index (χ4n) is 2.03. The average molecular weight is 252 g/mol. The van der Waals surface area contributed by atoms with Crippen LogP contribution in [-0.4, -0.2) is 43.7 Å². The van der Waals surface area contributed by atoms with Crippen molar-refractivity contribution in [3.8, 4) is 5.75 Å². The highest BCUT2D eigenvalue weighted by Gasteiger charge is 2.23. The van der Waals surface area contributed by atoms with Crippen molar-refractivity contribution < 1.29 is 13.9 Å². The summed E-state index contributed by atoms with van der Waals surface area (Å²) in [5.41, 5.74) is 0.690. The number of amides is 1. The summed E-state index contributed by atoms with van der Waals surface area (Å²) in [5, 5.41) is 2.78. The number of likely N-dealkylation sites (tertiary alicyclic amines) is 1. The molecule has 4 nitrogen and oxygen atoms in total. The van der Waals surface area contributed by atoms with Gasteiger partial charge in [0.1, 0.15) is 11.9 Å². The number of halogens is 1. The van der Waals surface area contributed by atoms with E-state index in [9.17, 15) is 9.18 Å². The number of hydrogen-bond acceptors (Lipinski definition) is 3. The van der Waals surface area contributed by atoms with Gasteiger partial charge in [0.05, 0.1) is 13.7 Å². The molecule has 1 fully saturated rings. The smallest absolute Gasteiger partial charge is 0.238 e. The minimum atomic E-state index is -0.797. The normalized spacial score (nSPS) is 19.8. The van der Waals surface area contributed by atoms with Crippen LogP contribution in [0.25, 0.3) is 0 Å². The number of carbonyl (C=O) groups excluding carboxylic acids is 1. The van der Waals surface area contributed by atoms with Gasteiger partial charge < -0.3 is 10.1 Å². The molecule has 1 saturated heterocycles. The maximum Gasteiger partial charge on any atom is 0.238 e. The van der Waals surface area contributed by atoms with E-state index >= 15 is 0 Å². The number of nitrogens with zero attached hydrogens (tertiary/aromatic N) is 1. The fraction of sp³-hybridized carbons (Fsp3) is 0.462. The van der Waals surface area contributed by atoms with E-state index in [4.69, 9.17) is 4.74 Å². The van der Waals surface area contributed by atoms with E-state index in [0.717, 1.165) is 0 Å². The minimum Gasteiger partial charge on any atom is -0.497 e. The highest BCUT2D eigenvalue weighted by molar-refractivity contribution is 5.92. The van der Waals surface area contributed by atoms with Gasteiger partial charge in [-0.2, -0.15) is 0 Å². The second-order valence-corrected chi connectivity index (χ2v) is 4.40. The van der Waals surface area contributed by atoms with E-state index in [2.05, 4.69) is 5.32 Å². The van der Waals surface area contributed by atoms with Crippen LogP contribution < -0.4 is 10.1 Å². The van der Waals surface area contributed by atoms with Gasteiger partial charge in [-0.3, -0.25) is 9.69 Å². The summed E-state index contributed by atoms with van der Waals surface area (Å²) in [6, 6.07) is 7.16. The topological polar surface area (TPSA) is 41.6 Å². The lowest BCUT2D eigenvalue weighted by Gasteiger charge is -2.14. The quantitative estimate of drug-likeness (QED) is 0.886. The first-order valence-corrected chi connectivity index (χ1v) is 5.97. The maximum atomic E-state index is 13.0. The maximum absolute atomic E-state index is 13.0. The van der Waals surface area contributed by atoms with E-state index < -0.39 is 6.17 Å². The van der Waals surface area contributed by atoms with Gasteiger partial charge in [0.25, 0.3) is 0 Å². The molecule has 0 saturated carbocycles. The molecule has 1 aromatic rings. The van der Waals surface area contributed by atoms with Crippen LogP contribution in [0.3, 0.4) is 0 Å². The molecule has 0 bridgehead atoms. The molecule has 0 aliphatic carbocycles. The van der Waals surface area contributed by atoms with Gasteiger partial charge in [0.2, 0.25) is 5.91 Å². The predicted molar refractivity (Wildman–Crippen MR) is 67.6 cm³/mol. The van der Waals surface area contributed by atoms with Crippen LogP contribution in [0.2, 0.25) is 0 Å². The Hall–Kier alpha value is -1.62. The molecule has 0 radical (unpaired) electrons. The zero-order chi connectivity index (χ0) is 13.0. The lowest BCUT2D eigenvalue weighted by molar-refractivity contribution is -0.117. The highest BCUT2D eigenvalue weighted by Crippen LogP contribution is 2.17. The molecule has 98 valence electrons. The molecule has 0 aromatic heterocycles. The van der Waals surface area contributed by atoms with E-state index in [1.54, 1.807) is 19.2 Å². The summed E-state index contributed by atoms with van der Waals surface area (Å²) >= 11 is 0. The summed E-state index contributed by atoms with van der Waals surface area (Å²) in [7, 11) is 1.58. The number of alkyl halides is 1. The average Bonchev–Trinajstić information content (AvgIpc) is 2.74. The van der Waals surface area contributed by atoms with Crippen molar-refractivity contribution in [3.05, 3.63) is 24.3 Å². The molecule has 5 heteroatoms. The van der Waals surface area contributed by atoms with Crippen LogP contribution in [0.1, 0.15) is 6.42 Å². The number of rotatable bonds is 4. The van der Waals surface area contributed by atoms with Crippen molar-refractivity contribution in [1.29, 1.82) is 0 Å². The van der Waals surface area contributed by atoms with Gasteiger partial charge in [-0.15, -0.1) is 0 Å². The zero-order valence-corrected chi connectivity index (χ0v) is 10.4. The Labute approximate surface area is 106 Å². The molecular formula is C13H17FN2O2. The SMILES string of the molecule is COc1cccc(NC(=O)CN2CCC(F)C2)c1. The van der Waals surface area contributed by atoms with Crippen LogP contribution in [0, 0.1) is 0 Å². The minimum absolute atomic E-state index is 0.127. The van der Waals surface area contributed by atoms with Crippen LogP contribution in [0.4, 0.5) is 10.1 Å². The number of anilines is 1. The van der Waals surface area contributed by atoms with Gasteiger partial charge >= 0.3 is 0 Å². The van der Waals surface area contributed by atoms with Gasteiger partial charge in [-0.25, -0.2) is 4.39 Å². The highest BCUT2D eigenvalue weighted by atomic mass is 19.1. The molecular weight excluding hydrogens is 235 g/mol. The molecule has 1 amide bonds. The standard InChI is InChI=1S/C13H17FN2O2/c1-18-12-4-2-3-11(7-12)15-13(17)9-16-6-5-10(14)8-16/h2-4,7,10H,5-6,8-9H2,1H3,(H,15,17). The first-order valence-electron chi connectivity index (χ1n) is 5.97. The van der Waals surface area contributed by atoms with E-state index in [1.807, 2.05) is 17.0 Å². The van der Waals surface area contributed by atoms with E-state index in [-0.39, 0.29) is 12.5 Å². The lowest BCUT2D eigenvalue weighted by atomic mass is 10.3. The van der Waals surface area contributed by atoms with E-state index in [1.165, 1.54) is 0 Å². The van der Waals surface area contributed by atoms with Gasteiger partial charge in [-0.05, 0) is 18.6 Å². The Balaban J connectivity index is 1.86. The molecule has 1 unspecified atom stereocenters. The Morgan fingerprint density at radius 3 is 3.11 bits per heavy atom. The molecule has 1 aromatic carbocycles. The number of hydrogen-bond donors (Lipinski definition) is 1. The monoisotopic (exact) mass is 252 g/mol. The molecule has 1 heterocycles. The largest absolute Gasteiger partial charge is 0.497 e. The van der Waals surface area contributed by atoms with Gasteiger partial charge in [0, 0.05) is 24.8 Å². The predicted octanol–water partition coefficient (Wildman–Crippen LogP) is 1.68. The third-order valence-electron chi connectivity index (χ3n) is 2.94. The Bertz CT molecular complexity index is 425. The van der Waals surface area contributed by atoms with Crippen LogP contribution in [0.15, 0.2) is 24.3 Å². The van der Waals surface area contributed by atoms with E-state index in [0.29, 0.717) is 30.9 Å². The third-order valence-corrected chi connectivity index (χ3v) is 2.94. The summed E-state index contributed by atoms with van der Waals surface area (Å²) in [6.07, 6.45) is -0.276. The number of benzene rings is 1. The molecule has 1 aliphatic heterocycles. The Morgan fingerprint density at radius 1 is 1.61 bits per heavy atom. The Morgan fingerprint density at radius 2 is 2.44 bits per heavy atom. The molecule has 0 spiro atoms. The second-order valence-electron chi connectivity index (χ2n) is 4.40. The van der Waals surface area contributed by atoms with Crippen molar-refractivity contribution in [1.82, 2.24) is 4.90 Å². The Kier molecular flexibility index (Phi) is 4.15. The number of methoxy groups -OCH3 is 1. The van der Waals surface area contributed by atoms with Crippen molar-refractivity contribution in [2.75, 3.05) is 32.1 Å². The summed E-state index contributed by atoms with van der Waals surface area (Å²) < 4.78 is 18.0. The van der Waals surface area contributed by atoms with Crippen LogP contribution in [0.5, 0.6) is 5.75 Å². The van der Waals surface area contributed by atoms with Crippen molar-refractivity contribution in [2.24, 2.45) is 0 Å². The molecule has 18 heavy (non-hydrogen) atoms. The summed E-state index contributed by atoms with van der Waals surface area (Å²) in [4.78, 5) is 13.6. The molecule has 1 N–H and O–H groups in total. The summed E-state index contributed by atoms with van der Waals surface area (Å²) in [5.74, 6) is 0.565. The number of ether oxygens (including phenoxy) is 1. The number of nitrogens with one attached hydrogen (secondary N) is 1. The first-order chi connectivity index (χ1) is 8.67. The number of carbonyl (C=O) groups is 1. The molecule has 2 rings (SSSR count). The van der Waals surface area contributed by atoms with Crippen LogP contribution in [-0.2, 0) is 4.79 Å². The lowest BCUT2D eigenvalue weighted by Crippen LogP contribution is -2.31. The van der Waals surface area contributed by atoms with Crippen LogP contribution >= 0.6 is 0 Å². The zero-order valence-electron chi connectivity index (χ0n) is 10.4. The van der Waals surface area contributed by atoms with Crippen molar-refractivity contribution in [2.45, 2.75) is 12.6 Å². The summed E-state index contributed by atoms with van der Waals surface area (Å²) in [6.45, 7) is 1.23. The third kappa shape index (κ3) is 3.43. The molecule has 1 atom stereocenters.